The molecule has 0 unspecified atom stereocenters. The second-order valence-electron chi connectivity index (χ2n) is 4.46. The first kappa shape index (κ1) is 14.1. The molecule has 0 saturated heterocycles. The second-order valence-corrected chi connectivity index (χ2v) is 4.46. The number of hydrogen-bond acceptors (Lipinski definition) is 3. The predicted octanol–water partition coefficient (Wildman–Crippen LogP) is 4.22. The lowest BCUT2D eigenvalue weighted by molar-refractivity contribution is 0.0975. The van der Waals surface area contributed by atoms with Gasteiger partial charge in [0.05, 0.1) is 6.61 Å². The Morgan fingerprint density at radius 3 is 2.20 bits per heavy atom. The van der Waals surface area contributed by atoms with Crippen molar-refractivity contribution in [1.82, 2.24) is 0 Å². The minimum absolute atomic E-state index is 0.387. The average Bonchev–Trinajstić information content (AvgIpc) is 2.49. The molecule has 0 N–H and O–H groups in total. The molecular weight excluding hydrogens is 252 g/mol. The molecule has 0 radical (unpaired) electrons. The number of ether oxygens (including phenoxy) is 2. The van der Waals surface area contributed by atoms with Crippen LogP contribution in [-0.4, -0.2) is 12.8 Å². The van der Waals surface area contributed by atoms with Crippen molar-refractivity contribution < 1.29 is 14.3 Å². The Bertz CT molecular complexity index is 508. The van der Waals surface area contributed by atoms with Gasteiger partial charge < -0.3 is 9.47 Å². The van der Waals surface area contributed by atoms with Gasteiger partial charge in [-0.15, -0.1) is 0 Å². The molecule has 2 aromatic carbocycles. The summed E-state index contributed by atoms with van der Waals surface area (Å²) in [7, 11) is 0. The number of benzene rings is 2. The summed E-state index contributed by atoms with van der Waals surface area (Å²) in [5.74, 6) is 0.502. The molecule has 2 rings (SSSR count). The maximum absolute atomic E-state index is 11.4. The molecule has 0 fully saturated rings. The summed E-state index contributed by atoms with van der Waals surface area (Å²) >= 11 is 0. The molecule has 0 amide bonds. The van der Waals surface area contributed by atoms with Crippen LogP contribution >= 0.6 is 0 Å². The quantitative estimate of drug-likeness (QED) is 0.448. The van der Waals surface area contributed by atoms with E-state index in [1.807, 2.05) is 36.4 Å². The highest BCUT2D eigenvalue weighted by atomic mass is 16.7. The number of unbranched alkanes of at least 4 members (excludes halogenated alkanes) is 1. The van der Waals surface area contributed by atoms with Gasteiger partial charge in [0.15, 0.2) is 0 Å². The first-order valence-electron chi connectivity index (χ1n) is 6.78. The Balaban J connectivity index is 1.58. The zero-order chi connectivity index (χ0) is 14.0. The highest BCUT2D eigenvalue weighted by Crippen LogP contribution is 2.09. The van der Waals surface area contributed by atoms with Crippen molar-refractivity contribution in [3.63, 3.8) is 0 Å². The van der Waals surface area contributed by atoms with Crippen LogP contribution < -0.4 is 4.74 Å². The lowest BCUT2D eigenvalue weighted by Gasteiger charge is -2.05. The number of carbonyl (C=O) groups excluding carboxylic acids is 1. The molecule has 0 aliphatic rings. The summed E-state index contributed by atoms with van der Waals surface area (Å²) in [6, 6.07) is 19.2. The van der Waals surface area contributed by atoms with Crippen LogP contribution in [-0.2, 0) is 11.2 Å². The standard InChI is InChI=1S/C17H18O3/c18-17(20-16-12-5-2-6-13-16)19-14-8-7-11-15-9-3-1-4-10-15/h1-6,9-10,12-13H,7-8,11,14H2. The van der Waals surface area contributed by atoms with E-state index >= 15 is 0 Å². The van der Waals surface area contributed by atoms with Crippen LogP contribution in [0.1, 0.15) is 18.4 Å². The Hall–Kier alpha value is -2.29. The maximum atomic E-state index is 11.4. The van der Waals surface area contributed by atoms with Crippen molar-refractivity contribution in [2.45, 2.75) is 19.3 Å². The monoisotopic (exact) mass is 270 g/mol. The third-order valence-electron chi connectivity index (χ3n) is 2.87. The van der Waals surface area contributed by atoms with Crippen molar-refractivity contribution in [2.24, 2.45) is 0 Å². The van der Waals surface area contributed by atoms with Gasteiger partial charge in [-0.2, -0.15) is 0 Å². The van der Waals surface area contributed by atoms with E-state index in [-0.39, 0.29) is 0 Å². The third-order valence-corrected chi connectivity index (χ3v) is 2.87. The van der Waals surface area contributed by atoms with Crippen LogP contribution in [0.15, 0.2) is 60.7 Å². The molecule has 0 bridgehead atoms. The van der Waals surface area contributed by atoms with E-state index in [1.54, 1.807) is 12.1 Å². The largest absolute Gasteiger partial charge is 0.513 e. The summed E-state index contributed by atoms with van der Waals surface area (Å²) in [4.78, 5) is 11.4. The molecule has 3 heteroatoms. The van der Waals surface area contributed by atoms with Gasteiger partial charge in [-0.1, -0.05) is 48.5 Å². The van der Waals surface area contributed by atoms with Gasteiger partial charge in [0.25, 0.3) is 0 Å². The zero-order valence-electron chi connectivity index (χ0n) is 11.3. The molecule has 0 aromatic heterocycles. The van der Waals surface area contributed by atoms with E-state index in [0.29, 0.717) is 12.4 Å². The number of aryl methyl sites for hydroxylation is 1. The molecule has 0 atom stereocenters. The first-order chi connectivity index (χ1) is 9.84. The van der Waals surface area contributed by atoms with Gasteiger partial charge in [0, 0.05) is 0 Å². The normalized spacial score (nSPS) is 10.0. The lowest BCUT2D eigenvalue weighted by atomic mass is 10.1. The number of rotatable bonds is 6. The third kappa shape index (κ3) is 5.14. The molecule has 3 nitrogen and oxygen atoms in total. The van der Waals surface area contributed by atoms with Gasteiger partial charge in [-0.25, -0.2) is 4.79 Å². The summed E-state index contributed by atoms with van der Waals surface area (Å²) in [6.07, 6.45) is 2.18. The second kappa shape index (κ2) is 8.00. The fourth-order valence-corrected chi connectivity index (χ4v) is 1.85. The van der Waals surface area contributed by atoms with Crippen molar-refractivity contribution in [2.75, 3.05) is 6.61 Å². The maximum Gasteiger partial charge on any atom is 0.513 e. The smallest absolute Gasteiger partial charge is 0.434 e. The van der Waals surface area contributed by atoms with Crippen molar-refractivity contribution in [3.8, 4) is 5.75 Å². The summed E-state index contributed by atoms with van der Waals surface area (Å²) < 4.78 is 10.0. The summed E-state index contributed by atoms with van der Waals surface area (Å²) in [5.41, 5.74) is 1.30. The van der Waals surface area contributed by atoms with Crippen LogP contribution in [0.25, 0.3) is 0 Å². The zero-order valence-corrected chi connectivity index (χ0v) is 11.3. The fraction of sp³-hybridized carbons (Fsp3) is 0.235. The minimum atomic E-state index is -0.643. The van der Waals surface area contributed by atoms with E-state index in [9.17, 15) is 4.79 Å². The van der Waals surface area contributed by atoms with Gasteiger partial charge in [-0.05, 0) is 37.0 Å². The van der Waals surface area contributed by atoms with E-state index < -0.39 is 6.16 Å². The van der Waals surface area contributed by atoms with Crippen LogP contribution in [0.2, 0.25) is 0 Å². The molecule has 0 heterocycles. The fourth-order valence-electron chi connectivity index (χ4n) is 1.85. The van der Waals surface area contributed by atoms with E-state index in [0.717, 1.165) is 19.3 Å². The number of hydrogen-bond donors (Lipinski definition) is 0. The van der Waals surface area contributed by atoms with Gasteiger partial charge in [0.2, 0.25) is 0 Å². The Morgan fingerprint density at radius 2 is 1.50 bits per heavy atom. The molecule has 20 heavy (non-hydrogen) atoms. The van der Waals surface area contributed by atoms with Crippen molar-refractivity contribution in [3.05, 3.63) is 66.2 Å². The molecule has 0 aliphatic carbocycles. The molecule has 104 valence electrons. The van der Waals surface area contributed by atoms with E-state index in [2.05, 4.69) is 12.1 Å². The van der Waals surface area contributed by atoms with Gasteiger partial charge in [-0.3, -0.25) is 0 Å². The predicted molar refractivity (Wildman–Crippen MR) is 77.8 cm³/mol. The highest BCUT2D eigenvalue weighted by Gasteiger charge is 2.04. The van der Waals surface area contributed by atoms with Crippen LogP contribution in [0.4, 0.5) is 4.79 Å². The SMILES string of the molecule is O=C(OCCCCc1ccccc1)Oc1ccccc1. The summed E-state index contributed by atoms with van der Waals surface area (Å²) in [5, 5.41) is 0. The van der Waals surface area contributed by atoms with E-state index in [1.165, 1.54) is 5.56 Å². The highest BCUT2D eigenvalue weighted by molar-refractivity contribution is 5.63. The van der Waals surface area contributed by atoms with Gasteiger partial charge >= 0.3 is 6.16 Å². The topological polar surface area (TPSA) is 35.5 Å². The molecular formula is C17H18O3. The van der Waals surface area contributed by atoms with E-state index in [4.69, 9.17) is 9.47 Å². The molecule has 0 saturated carbocycles. The number of para-hydroxylation sites is 1. The van der Waals surface area contributed by atoms with Crippen LogP contribution in [0, 0.1) is 0 Å². The molecule has 2 aromatic rings. The van der Waals surface area contributed by atoms with Crippen LogP contribution in [0.5, 0.6) is 5.75 Å². The Labute approximate surface area is 119 Å². The van der Waals surface area contributed by atoms with Crippen molar-refractivity contribution in [1.29, 1.82) is 0 Å². The van der Waals surface area contributed by atoms with Crippen molar-refractivity contribution >= 4 is 6.16 Å². The average molecular weight is 270 g/mol. The minimum Gasteiger partial charge on any atom is -0.434 e. The molecule has 0 spiro atoms. The van der Waals surface area contributed by atoms with Crippen LogP contribution in [0.3, 0.4) is 0 Å². The van der Waals surface area contributed by atoms with Gasteiger partial charge in [0.1, 0.15) is 5.75 Å². The summed E-state index contributed by atoms with van der Waals surface area (Å²) in [6.45, 7) is 0.387. The Kier molecular flexibility index (Phi) is 5.65. The Morgan fingerprint density at radius 1 is 0.850 bits per heavy atom. The lowest BCUT2D eigenvalue weighted by Crippen LogP contribution is -2.11. The molecule has 0 aliphatic heterocycles. The number of carbonyl (C=O) groups is 1. The first-order valence-corrected chi connectivity index (χ1v) is 6.78.